The number of benzene rings is 2. The molecule has 1 heterocycles. The highest BCUT2D eigenvalue weighted by Gasteiger charge is 2.47. The number of amidine groups is 2. The maximum absolute atomic E-state index is 9.52. The molecule has 0 N–H and O–H groups in total. The fraction of sp³-hybridized carbons (Fsp3) is 0.292. The van der Waals surface area contributed by atoms with Gasteiger partial charge in [0, 0.05) is 20.5 Å². The van der Waals surface area contributed by atoms with E-state index in [1.807, 2.05) is 66.4 Å². The van der Waals surface area contributed by atoms with Gasteiger partial charge in [-0.3, -0.25) is 0 Å². The van der Waals surface area contributed by atoms with E-state index in [-0.39, 0.29) is 0 Å². The van der Waals surface area contributed by atoms with Gasteiger partial charge < -0.3 is 19.5 Å². The molecule has 0 aliphatic carbocycles. The van der Waals surface area contributed by atoms with Gasteiger partial charge >= 0.3 is 0 Å². The van der Waals surface area contributed by atoms with Crippen LogP contribution in [0.1, 0.15) is 23.6 Å². The van der Waals surface area contributed by atoms with Crippen LogP contribution in [-0.4, -0.2) is 55.3 Å². The number of nitrogens with zero attached hydrogens (tertiary/aromatic N) is 5. The van der Waals surface area contributed by atoms with Crippen LogP contribution in [0.3, 0.4) is 0 Å². The third-order valence-corrected chi connectivity index (χ3v) is 5.57. The van der Waals surface area contributed by atoms with Crippen molar-refractivity contribution in [2.24, 2.45) is 10.3 Å². The highest BCUT2D eigenvalue weighted by atomic mass is 16.6. The molecule has 1 aliphatic rings. The number of rotatable bonds is 5. The van der Waals surface area contributed by atoms with Gasteiger partial charge in [-0.1, -0.05) is 58.8 Å². The molecular formula is C24H27N5O2. The van der Waals surface area contributed by atoms with E-state index >= 15 is 0 Å². The summed E-state index contributed by atoms with van der Waals surface area (Å²) in [5, 5.41) is 18.2. The van der Waals surface area contributed by atoms with Crippen LogP contribution in [0.25, 0.3) is 6.08 Å². The second-order valence-electron chi connectivity index (χ2n) is 7.48. The number of piperazine rings is 1. The first kappa shape index (κ1) is 21.9. The summed E-state index contributed by atoms with van der Waals surface area (Å²) < 4.78 is 0. The van der Waals surface area contributed by atoms with Crippen molar-refractivity contribution in [2.75, 3.05) is 28.3 Å². The van der Waals surface area contributed by atoms with Gasteiger partial charge in [-0.25, -0.2) is 0 Å². The molecule has 1 saturated heterocycles. The zero-order chi connectivity index (χ0) is 22.4. The molecule has 31 heavy (non-hydrogen) atoms. The first-order chi connectivity index (χ1) is 15.0. The van der Waals surface area contributed by atoms with Gasteiger partial charge in [-0.2, -0.15) is 5.26 Å². The SMILES string of the molecule is CO/N=C1/C(=C/c2ccccc2C#N)N(C)/C(=N/OC)C(C)(Cc2ccccc2)N1C. The van der Waals surface area contributed by atoms with E-state index in [0.29, 0.717) is 17.8 Å². The topological polar surface area (TPSA) is 73.4 Å². The van der Waals surface area contributed by atoms with E-state index in [4.69, 9.17) is 9.68 Å². The summed E-state index contributed by atoms with van der Waals surface area (Å²) in [6, 6.07) is 19.9. The van der Waals surface area contributed by atoms with Gasteiger partial charge in [0.05, 0.1) is 17.3 Å². The molecule has 1 fully saturated rings. The van der Waals surface area contributed by atoms with Crippen LogP contribution in [0, 0.1) is 11.3 Å². The van der Waals surface area contributed by atoms with Crippen molar-refractivity contribution in [1.29, 1.82) is 5.26 Å². The average Bonchev–Trinajstić information content (AvgIpc) is 2.78. The molecule has 160 valence electrons. The summed E-state index contributed by atoms with van der Waals surface area (Å²) in [5.74, 6) is 1.35. The lowest BCUT2D eigenvalue weighted by atomic mass is 9.86. The monoisotopic (exact) mass is 417 g/mol. The zero-order valence-corrected chi connectivity index (χ0v) is 18.5. The number of hydrogen-bond acceptors (Lipinski definition) is 5. The van der Waals surface area contributed by atoms with Crippen molar-refractivity contribution in [3.05, 3.63) is 77.0 Å². The summed E-state index contributed by atoms with van der Waals surface area (Å²) in [6.07, 6.45) is 2.60. The Labute approximate surface area is 183 Å². The van der Waals surface area contributed by atoms with Crippen LogP contribution < -0.4 is 0 Å². The van der Waals surface area contributed by atoms with Crippen LogP contribution in [0.4, 0.5) is 0 Å². The minimum Gasteiger partial charge on any atom is -0.398 e. The van der Waals surface area contributed by atoms with Crippen LogP contribution in [0.5, 0.6) is 0 Å². The van der Waals surface area contributed by atoms with Crippen molar-refractivity contribution < 1.29 is 9.68 Å². The van der Waals surface area contributed by atoms with Crippen molar-refractivity contribution in [3.63, 3.8) is 0 Å². The molecule has 0 spiro atoms. The van der Waals surface area contributed by atoms with Gasteiger partial charge in [0.25, 0.3) is 0 Å². The molecule has 1 aliphatic heterocycles. The normalized spacial score (nSPS) is 22.6. The van der Waals surface area contributed by atoms with Crippen LogP contribution in [0.2, 0.25) is 0 Å². The van der Waals surface area contributed by atoms with E-state index in [1.54, 1.807) is 6.07 Å². The third kappa shape index (κ3) is 4.24. The maximum atomic E-state index is 9.52. The molecule has 7 nitrogen and oxygen atoms in total. The molecule has 0 amide bonds. The number of oxime groups is 2. The highest BCUT2D eigenvalue weighted by Crippen LogP contribution is 2.33. The van der Waals surface area contributed by atoms with Gasteiger partial charge in [-0.15, -0.1) is 0 Å². The van der Waals surface area contributed by atoms with Gasteiger partial charge in [0.15, 0.2) is 11.7 Å². The minimum atomic E-state index is -0.560. The quantitative estimate of drug-likeness (QED) is 0.694. The Morgan fingerprint density at radius 3 is 2.29 bits per heavy atom. The molecular weight excluding hydrogens is 390 g/mol. The lowest BCUT2D eigenvalue weighted by Crippen LogP contribution is -2.64. The van der Waals surface area contributed by atoms with Crippen LogP contribution in [0.15, 0.2) is 70.6 Å². The second-order valence-corrected chi connectivity index (χ2v) is 7.48. The Morgan fingerprint density at radius 2 is 1.65 bits per heavy atom. The Bertz CT molecular complexity index is 1060. The zero-order valence-electron chi connectivity index (χ0n) is 18.5. The fourth-order valence-corrected chi connectivity index (χ4v) is 3.85. The number of likely N-dealkylation sites (N-methyl/N-ethyl adjacent to an activating group) is 2. The summed E-state index contributed by atoms with van der Waals surface area (Å²) >= 11 is 0. The van der Waals surface area contributed by atoms with Crippen molar-refractivity contribution in [3.8, 4) is 6.07 Å². The Kier molecular flexibility index (Phi) is 6.61. The van der Waals surface area contributed by atoms with Gasteiger partial charge in [0.2, 0.25) is 0 Å². The standard InChI is InChI=1S/C24H27N5O2/c1-24(16-18-11-7-6-8-12-18)23(27-31-5)28(2)21(22(26-30-4)29(24)3)15-19-13-9-10-14-20(19)17-25/h6-15H,16H2,1-5H3/b21-15-,26-22-,27-23+. The largest absolute Gasteiger partial charge is 0.398 e. The molecule has 1 atom stereocenters. The molecule has 0 bridgehead atoms. The molecule has 0 saturated carbocycles. The molecule has 0 aromatic heterocycles. The lowest BCUT2D eigenvalue weighted by molar-refractivity contribution is 0.176. The molecule has 1 unspecified atom stereocenters. The molecule has 0 radical (unpaired) electrons. The molecule has 2 aromatic rings. The first-order valence-electron chi connectivity index (χ1n) is 9.91. The summed E-state index contributed by atoms with van der Waals surface area (Å²) in [6.45, 7) is 2.10. The van der Waals surface area contributed by atoms with Gasteiger partial charge in [-0.05, 0) is 30.2 Å². The Morgan fingerprint density at radius 1 is 1.00 bits per heavy atom. The highest BCUT2D eigenvalue weighted by molar-refractivity contribution is 6.12. The minimum absolute atomic E-state index is 0.560. The average molecular weight is 418 g/mol. The summed E-state index contributed by atoms with van der Waals surface area (Å²) in [7, 11) is 6.94. The Balaban J connectivity index is 2.17. The number of hydrogen-bond donors (Lipinski definition) is 0. The first-order valence-corrected chi connectivity index (χ1v) is 9.91. The fourth-order valence-electron chi connectivity index (χ4n) is 3.85. The lowest BCUT2D eigenvalue weighted by Gasteiger charge is -2.49. The molecule has 2 aromatic carbocycles. The van der Waals surface area contributed by atoms with E-state index in [1.165, 1.54) is 14.2 Å². The van der Waals surface area contributed by atoms with Crippen molar-refractivity contribution in [2.45, 2.75) is 18.9 Å². The van der Waals surface area contributed by atoms with Crippen LogP contribution in [-0.2, 0) is 16.1 Å². The van der Waals surface area contributed by atoms with E-state index in [0.717, 1.165) is 22.7 Å². The Hall–Kier alpha value is -3.79. The predicted molar refractivity (Wildman–Crippen MR) is 122 cm³/mol. The molecule has 7 heteroatoms. The van der Waals surface area contributed by atoms with Crippen LogP contribution >= 0.6 is 0 Å². The van der Waals surface area contributed by atoms with E-state index < -0.39 is 5.54 Å². The molecule has 3 rings (SSSR count). The van der Waals surface area contributed by atoms with Gasteiger partial charge in [0.1, 0.15) is 19.8 Å². The smallest absolute Gasteiger partial charge is 0.192 e. The summed E-state index contributed by atoms with van der Waals surface area (Å²) in [5.41, 5.74) is 2.70. The van der Waals surface area contributed by atoms with E-state index in [2.05, 4.69) is 35.4 Å². The maximum Gasteiger partial charge on any atom is 0.192 e. The van der Waals surface area contributed by atoms with Crippen molar-refractivity contribution >= 4 is 17.7 Å². The van der Waals surface area contributed by atoms with E-state index in [9.17, 15) is 5.26 Å². The number of nitriles is 1. The van der Waals surface area contributed by atoms with Crippen molar-refractivity contribution in [1.82, 2.24) is 9.80 Å². The predicted octanol–water partition coefficient (Wildman–Crippen LogP) is 3.70. The second kappa shape index (κ2) is 9.35. The third-order valence-electron chi connectivity index (χ3n) is 5.57. The summed E-state index contributed by atoms with van der Waals surface area (Å²) in [4.78, 5) is 14.4.